The Bertz CT molecular complexity index is 271. The van der Waals surface area contributed by atoms with Gasteiger partial charge in [-0.1, -0.05) is 0 Å². The van der Waals surface area contributed by atoms with Crippen molar-refractivity contribution in [1.29, 1.82) is 0 Å². The zero-order valence-corrected chi connectivity index (χ0v) is 9.50. The minimum absolute atomic E-state index is 0.0610. The van der Waals surface area contributed by atoms with Gasteiger partial charge in [0.2, 0.25) is 0 Å². The third-order valence-electron chi connectivity index (χ3n) is 4.14. The molecule has 0 aromatic rings. The van der Waals surface area contributed by atoms with Gasteiger partial charge in [0, 0.05) is 19.3 Å². The standard InChI is InChI=1S/C12H18O4/c13-10-1-2-11(16-9-10)3-5-12(6-4-11)14-7-8-15-12/h1-9H2. The van der Waals surface area contributed by atoms with Crippen LogP contribution in [-0.2, 0) is 19.0 Å². The van der Waals surface area contributed by atoms with Crippen molar-refractivity contribution in [3.63, 3.8) is 0 Å². The monoisotopic (exact) mass is 226 g/mol. The van der Waals surface area contributed by atoms with Crippen LogP contribution in [0.3, 0.4) is 0 Å². The lowest BCUT2D eigenvalue weighted by atomic mass is 9.77. The van der Waals surface area contributed by atoms with Crippen LogP contribution in [0.1, 0.15) is 38.5 Å². The van der Waals surface area contributed by atoms with Gasteiger partial charge in [0.05, 0.1) is 18.8 Å². The summed E-state index contributed by atoms with van der Waals surface area (Å²) in [5.74, 6) is -0.0879. The molecule has 0 unspecified atom stereocenters. The van der Waals surface area contributed by atoms with E-state index in [0.29, 0.717) is 26.2 Å². The summed E-state index contributed by atoms with van der Waals surface area (Å²) in [5, 5.41) is 0. The number of ketones is 1. The zero-order valence-electron chi connectivity index (χ0n) is 9.50. The number of ether oxygens (including phenoxy) is 3. The van der Waals surface area contributed by atoms with Crippen molar-refractivity contribution in [2.45, 2.75) is 49.9 Å². The highest BCUT2D eigenvalue weighted by Gasteiger charge is 2.47. The summed E-state index contributed by atoms with van der Waals surface area (Å²) >= 11 is 0. The van der Waals surface area contributed by atoms with Gasteiger partial charge in [0.15, 0.2) is 11.6 Å². The summed E-state index contributed by atoms with van der Waals surface area (Å²) in [6.07, 6.45) is 5.28. The molecule has 0 N–H and O–H groups in total. The molecule has 0 radical (unpaired) electrons. The molecule has 4 nitrogen and oxygen atoms in total. The SMILES string of the molecule is O=C1CCC2(CCC3(CC2)OCCO3)OC1. The summed E-state index contributed by atoms with van der Waals surface area (Å²) in [6, 6.07) is 0. The lowest BCUT2D eigenvalue weighted by Gasteiger charge is -2.45. The number of hydrogen-bond donors (Lipinski definition) is 0. The second kappa shape index (κ2) is 3.79. The molecule has 3 fully saturated rings. The summed E-state index contributed by atoms with van der Waals surface area (Å²) in [6.45, 7) is 1.73. The van der Waals surface area contributed by atoms with E-state index in [-0.39, 0.29) is 17.2 Å². The molecule has 4 heteroatoms. The first-order valence-electron chi connectivity index (χ1n) is 6.16. The molecule has 16 heavy (non-hydrogen) atoms. The minimum atomic E-state index is -0.323. The second-order valence-electron chi connectivity index (χ2n) is 5.12. The van der Waals surface area contributed by atoms with Crippen LogP contribution in [0.2, 0.25) is 0 Å². The average molecular weight is 226 g/mol. The topological polar surface area (TPSA) is 44.8 Å². The molecule has 0 aromatic carbocycles. The highest BCUT2D eigenvalue weighted by molar-refractivity contribution is 5.80. The molecule has 3 aliphatic rings. The van der Waals surface area contributed by atoms with Crippen molar-refractivity contribution in [2.24, 2.45) is 0 Å². The Morgan fingerprint density at radius 2 is 1.56 bits per heavy atom. The third-order valence-corrected chi connectivity index (χ3v) is 4.14. The van der Waals surface area contributed by atoms with Gasteiger partial charge in [-0.15, -0.1) is 0 Å². The second-order valence-corrected chi connectivity index (χ2v) is 5.12. The number of carbonyl (C=O) groups is 1. The van der Waals surface area contributed by atoms with E-state index in [1.54, 1.807) is 0 Å². The Morgan fingerprint density at radius 3 is 2.12 bits per heavy atom. The van der Waals surface area contributed by atoms with Crippen molar-refractivity contribution in [3.05, 3.63) is 0 Å². The van der Waals surface area contributed by atoms with Crippen LogP contribution < -0.4 is 0 Å². The first-order chi connectivity index (χ1) is 7.72. The van der Waals surface area contributed by atoms with E-state index in [1.807, 2.05) is 0 Å². The quantitative estimate of drug-likeness (QED) is 0.626. The predicted molar refractivity (Wildman–Crippen MR) is 56.0 cm³/mol. The largest absolute Gasteiger partial charge is 0.367 e. The summed E-state index contributed by atoms with van der Waals surface area (Å²) in [4.78, 5) is 11.2. The summed E-state index contributed by atoms with van der Waals surface area (Å²) < 4.78 is 17.1. The van der Waals surface area contributed by atoms with Gasteiger partial charge in [-0.3, -0.25) is 4.79 Å². The number of hydrogen-bond acceptors (Lipinski definition) is 4. The molecule has 2 aliphatic heterocycles. The fraction of sp³-hybridized carbons (Fsp3) is 0.917. The summed E-state index contributed by atoms with van der Waals surface area (Å²) in [5.41, 5.74) is -0.0610. The molecular weight excluding hydrogens is 208 g/mol. The van der Waals surface area contributed by atoms with Gasteiger partial charge in [-0.05, 0) is 19.3 Å². The van der Waals surface area contributed by atoms with Gasteiger partial charge in [0.1, 0.15) is 6.61 Å². The van der Waals surface area contributed by atoms with E-state index in [0.717, 1.165) is 32.1 Å². The minimum Gasteiger partial charge on any atom is -0.367 e. The van der Waals surface area contributed by atoms with E-state index >= 15 is 0 Å². The fourth-order valence-corrected chi connectivity index (χ4v) is 3.01. The molecular formula is C12H18O4. The van der Waals surface area contributed by atoms with Crippen LogP contribution >= 0.6 is 0 Å². The first kappa shape index (κ1) is 10.7. The Hall–Kier alpha value is -0.450. The van der Waals surface area contributed by atoms with Crippen molar-refractivity contribution in [1.82, 2.24) is 0 Å². The molecule has 2 saturated heterocycles. The van der Waals surface area contributed by atoms with Crippen LogP contribution in [0.5, 0.6) is 0 Å². The van der Waals surface area contributed by atoms with Gasteiger partial charge < -0.3 is 14.2 Å². The molecule has 1 aliphatic carbocycles. The molecule has 0 bridgehead atoms. The van der Waals surface area contributed by atoms with Gasteiger partial charge >= 0.3 is 0 Å². The molecule has 90 valence electrons. The smallest absolute Gasteiger partial charge is 0.168 e. The predicted octanol–water partition coefficient (Wildman–Crippen LogP) is 1.42. The lowest BCUT2D eigenvalue weighted by Crippen LogP contribution is -2.48. The fourth-order valence-electron chi connectivity index (χ4n) is 3.01. The van der Waals surface area contributed by atoms with Crippen molar-refractivity contribution in [3.8, 4) is 0 Å². The van der Waals surface area contributed by atoms with Gasteiger partial charge in [-0.25, -0.2) is 0 Å². The van der Waals surface area contributed by atoms with Gasteiger partial charge in [0.25, 0.3) is 0 Å². The Morgan fingerprint density at radius 1 is 0.875 bits per heavy atom. The van der Waals surface area contributed by atoms with Crippen LogP contribution in [0.15, 0.2) is 0 Å². The van der Waals surface area contributed by atoms with E-state index < -0.39 is 0 Å². The number of rotatable bonds is 0. The Kier molecular flexibility index (Phi) is 2.53. The first-order valence-corrected chi connectivity index (χ1v) is 6.16. The van der Waals surface area contributed by atoms with Gasteiger partial charge in [-0.2, -0.15) is 0 Å². The molecule has 1 saturated carbocycles. The van der Waals surface area contributed by atoms with Crippen molar-refractivity contribution in [2.75, 3.05) is 19.8 Å². The van der Waals surface area contributed by atoms with Crippen LogP contribution in [-0.4, -0.2) is 37.0 Å². The third kappa shape index (κ3) is 1.79. The molecule has 0 amide bonds. The maximum absolute atomic E-state index is 11.2. The molecule has 2 spiro atoms. The van der Waals surface area contributed by atoms with E-state index in [2.05, 4.69) is 0 Å². The number of carbonyl (C=O) groups excluding carboxylic acids is 1. The number of Topliss-reactive ketones (excluding diaryl/α,β-unsaturated/α-hetero) is 1. The van der Waals surface area contributed by atoms with E-state index in [4.69, 9.17) is 14.2 Å². The van der Waals surface area contributed by atoms with E-state index in [1.165, 1.54) is 0 Å². The average Bonchev–Trinajstić information content (AvgIpc) is 2.76. The lowest BCUT2D eigenvalue weighted by molar-refractivity contribution is -0.215. The van der Waals surface area contributed by atoms with Crippen molar-refractivity contribution >= 4 is 5.78 Å². The molecule has 3 rings (SSSR count). The molecule has 2 heterocycles. The van der Waals surface area contributed by atoms with Crippen molar-refractivity contribution < 1.29 is 19.0 Å². The molecule has 0 atom stereocenters. The maximum Gasteiger partial charge on any atom is 0.168 e. The highest BCUT2D eigenvalue weighted by Crippen LogP contribution is 2.44. The normalized spacial score (nSPS) is 32.4. The van der Waals surface area contributed by atoms with Crippen LogP contribution in [0.25, 0.3) is 0 Å². The van der Waals surface area contributed by atoms with Crippen LogP contribution in [0, 0.1) is 0 Å². The van der Waals surface area contributed by atoms with E-state index in [9.17, 15) is 4.79 Å². The maximum atomic E-state index is 11.2. The Balaban J connectivity index is 1.63. The van der Waals surface area contributed by atoms with Crippen LogP contribution in [0.4, 0.5) is 0 Å². The summed E-state index contributed by atoms with van der Waals surface area (Å²) in [7, 11) is 0. The molecule has 0 aromatic heterocycles. The zero-order chi connectivity index (χ0) is 11.1. The highest BCUT2D eigenvalue weighted by atomic mass is 16.7. The Labute approximate surface area is 95.2 Å².